The molecular weight excluding hydrogens is 484 g/mol. The van der Waals surface area contributed by atoms with Gasteiger partial charge in [-0.1, -0.05) is 12.2 Å². The van der Waals surface area contributed by atoms with Gasteiger partial charge in [0.15, 0.2) is 17.2 Å². The summed E-state index contributed by atoms with van der Waals surface area (Å²) in [5, 5.41) is 7.91. The van der Waals surface area contributed by atoms with E-state index in [2.05, 4.69) is 11.4 Å². The molecule has 1 aliphatic carbocycles. The van der Waals surface area contributed by atoms with E-state index in [0.29, 0.717) is 43.5 Å². The fraction of sp³-hybridized carbons (Fsp3) is 0.483. The van der Waals surface area contributed by atoms with Crippen molar-refractivity contribution >= 4 is 17.5 Å². The van der Waals surface area contributed by atoms with E-state index in [1.54, 1.807) is 14.2 Å². The number of hydrogen-bond acceptors (Lipinski definition) is 6. The van der Waals surface area contributed by atoms with Gasteiger partial charge in [-0.05, 0) is 68.9 Å². The van der Waals surface area contributed by atoms with Crippen molar-refractivity contribution in [3.8, 4) is 11.5 Å². The van der Waals surface area contributed by atoms with Crippen molar-refractivity contribution in [2.24, 2.45) is 5.92 Å². The van der Waals surface area contributed by atoms with Crippen LogP contribution in [-0.4, -0.2) is 73.1 Å². The van der Waals surface area contributed by atoms with Crippen LogP contribution >= 0.6 is 0 Å². The lowest BCUT2D eigenvalue weighted by Crippen LogP contribution is -2.46. The van der Waals surface area contributed by atoms with Crippen molar-refractivity contribution in [3.63, 3.8) is 0 Å². The highest BCUT2D eigenvalue weighted by Crippen LogP contribution is 2.32. The Balaban J connectivity index is 1.27. The third kappa shape index (κ3) is 5.62. The summed E-state index contributed by atoms with van der Waals surface area (Å²) in [5.41, 5.74) is 3.15. The summed E-state index contributed by atoms with van der Waals surface area (Å²) in [6.45, 7) is 2.58. The molecule has 0 bridgehead atoms. The second kappa shape index (κ2) is 11.9. The number of methoxy groups -OCH3 is 2. The number of ether oxygens (including phenoxy) is 3. The zero-order chi connectivity index (χ0) is 26.5. The first-order chi connectivity index (χ1) is 18.6. The molecule has 2 amide bonds. The molecule has 0 radical (unpaired) electrons. The lowest BCUT2D eigenvalue weighted by Gasteiger charge is -2.34. The second-order valence-electron chi connectivity index (χ2n) is 9.98. The van der Waals surface area contributed by atoms with Gasteiger partial charge in [0.25, 0.3) is 5.91 Å². The number of allylic oxidation sites excluding steroid dienone is 3. The molecule has 0 atom stereocenters. The number of fused-ring (bicyclic) bond motifs is 1. The van der Waals surface area contributed by atoms with E-state index in [1.165, 1.54) is 0 Å². The lowest BCUT2D eigenvalue weighted by atomic mass is 9.85. The van der Waals surface area contributed by atoms with Gasteiger partial charge in [0.05, 0.1) is 33.1 Å². The molecule has 5 rings (SSSR count). The number of nitrogens with zero attached hydrogens (tertiary/aromatic N) is 3. The molecule has 9 heteroatoms. The van der Waals surface area contributed by atoms with Gasteiger partial charge in [0, 0.05) is 36.3 Å². The molecule has 3 aliphatic rings. The van der Waals surface area contributed by atoms with Crippen LogP contribution in [0.2, 0.25) is 0 Å². The number of hydrogen-bond donors (Lipinski definition) is 1. The number of carbonyl (C=O) groups excluding carboxylic acids is 2. The van der Waals surface area contributed by atoms with Crippen LogP contribution < -0.4 is 14.8 Å². The molecule has 2 aliphatic heterocycles. The Morgan fingerprint density at radius 3 is 2.53 bits per heavy atom. The summed E-state index contributed by atoms with van der Waals surface area (Å²) in [5.74, 6) is 1.38. The summed E-state index contributed by atoms with van der Waals surface area (Å²) in [6, 6.07) is 7.68. The van der Waals surface area contributed by atoms with E-state index >= 15 is 0 Å². The normalized spacial score (nSPS) is 23.7. The molecule has 3 heterocycles. The second-order valence-corrected chi connectivity index (χ2v) is 9.98. The first-order valence-electron chi connectivity index (χ1n) is 13.4. The minimum Gasteiger partial charge on any atom is -0.493 e. The number of aryl methyl sites for hydroxylation is 1. The average molecular weight is 521 g/mol. The first-order valence-corrected chi connectivity index (χ1v) is 13.4. The molecule has 9 nitrogen and oxygen atoms in total. The number of amides is 2. The highest BCUT2D eigenvalue weighted by molar-refractivity contribution is 5.93. The van der Waals surface area contributed by atoms with Crippen LogP contribution in [0.3, 0.4) is 0 Å². The van der Waals surface area contributed by atoms with Crippen molar-refractivity contribution in [1.82, 2.24) is 20.0 Å². The molecule has 0 unspecified atom stereocenters. The lowest BCUT2D eigenvalue weighted by molar-refractivity contribution is -0.140. The van der Waals surface area contributed by atoms with Crippen LogP contribution in [0.1, 0.15) is 53.8 Å². The van der Waals surface area contributed by atoms with Gasteiger partial charge in [-0.2, -0.15) is 5.10 Å². The highest BCUT2D eigenvalue weighted by Gasteiger charge is 2.31. The maximum atomic E-state index is 13.2. The average Bonchev–Trinajstić information content (AvgIpc) is 3.36. The van der Waals surface area contributed by atoms with E-state index in [0.717, 1.165) is 55.5 Å². The minimum atomic E-state index is -0.174. The summed E-state index contributed by atoms with van der Waals surface area (Å²) in [6.07, 6.45) is 10.9. The predicted molar refractivity (Wildman–Crippen MR) is 143 cm³/mol. The van der Waals surface area contributed by atoms with E-state index in [4.69, 9.17) is 19.3 Å². The molecule has 1 N–H and O–H groups in total. The van der Waals surface area contributed by atoms with Crippen molar-refractivity contribution in [2.75, 3.05) is 40.5 Å². The molecule has 1 saturated heterocycles. The Hall–Kier alpha value is -3.59. The van der Waals surface area contributed by atoms with Crippen LogP contribution in [0.5, 0.6) is 11.5 Å². The summed E-state index contributed by atoms with van der Waals surface area (Å²) >= 11 is 0. The molecule has 202 valence electrons. The standard InChI is InChI=1S/C29H36N4O5/c1-36-26-13-10-21(18-27(26)37-2)25-7-5-3-4-6-23-19-24(31-33(23)25)28(34)30-22-11-8-20(9-12-22)29(35)32-14-16-38-17-15-32/h3,5,7,10,13,18-20,22H,4,6,8-9,11-12,14-17H2,1-2H3,(H,30,34)/b5-3-,25-7-. The number of morpholine rings is 1. The van der Waals surface area contributed by atoms with Gasteiger partial charge >= 0.3 is 0 Å². The third-order valence-electron chi connectivity index (χ3n) is 7.61. The Morgan fingerprint density at radius 2 is 1.79 bits per heavy atom. The molecule has 2 fully saturated rings. The fourth-order valence-corrected chi connectivity index (χ4v) is 5.47. The number of rotatable bonds is 6. The Labute approximate surface area is 223 Å². The largest absolute Gasteiger partial charge is 0.493 e. The molecular formula is C29H36N4O5. The van der Waals surface area contributed by atoms with E-state index in [-0.39, 0.29) is 23.8 Å². The quantitative estimate of drug-likeness (QED) is 0.627. The number of nitrogens with one attached hydrogen (secondary N) is 1. The highest BCUT2D eigenvalue weighted by atomic mass is 16.5. The first kappa shape index (κ1) is 26.0. The molecule has 38 heavy (non-hydrogen) atoms. The maximum Gasteiger partial charge on any atom is 0.272 e. The number of carbonyl (C=O) groups is 2. The number of aromatic nitrogens is 2. The van der Waals surface area contributed by atoms with Crippen LogP contribution in [0, 0.1) is 5.92 Å². The molecule has 1 aromatic carbocycles. The van der Waals surface area contributed by atoms with Gasteiger partial charge in [0.2, 0.25) is 5.91 Å². The summed E-state index contributed by atoms with van der Waals surface area (Å²) in [7, 11) is 3.22. The van der Waals surface area contributed by atoms with Gasteiger partial charge in [-0.25, -0.2) is 4.68 Å². The third-order valence-corrected chi connectivity index (χ3v) is 7.61. The molecule has 2 aromatic rings. The van der Waals surface area contributed by atoms with E-state index < -0.39 is 0 Å². The SMILES string of the molecule is COc1ccc(/C2=C/C=C\CCc3cc(C(=O)NC4CCC(C(=O)N5CCOCC5)CC4)nn32)cc1OC. The predicted octanol–water partition coefficient (Wildman–Crippen LogP) is 3.44. The van der Waals surface area contributed by atoms with Crippen molar-refractivity contribution < 1.29 is 23.8 Å². The van der Waals surface area contributed by atoms with E-state index in [9.17, 15) is 9.59 Å². The zero-order valence-electron chi connectivity index (χ0n) is 22.2. The Bertz CT molecular complexity index is 1220. The number of benzene rings is 1. The van der Waals surface area contributed by atoms with Gasteiger partial charge in [-0.3, -0.25) is 9.59 Å². The van der Waals surface area contributed by atoms with Gasteiger partial charge in [-0.15, -0.1) is 0 Å². The molecule has 1 aromatic heterocycles. The smallest absolute Gasteiger partial charge is 0.272 e. The van der Waals surface area contributed by atoms with Crippen LogP contribution in [-0.2, 0) is 16.0 Å². The van der Waals surface area contributed by atoms with Crippen molar-refractivity contribution in [3.05, 3.63) is 59.4 Å². The topological polar surface area (TPSA) is 94.9 Å². The van der Waals surface area contributed by atoms with E-state index in [1.807, 2.05) is 46.0 Å². The minimum absolute atomic E-state index is 0.0374. The monoisotopic (exact) mass is 520 g/mol. The summed E-state index contributed by atoms with van der Waals surface area (Å²) < 4.78 is 18.1. The summed E-state index contributed by atoms with van der Waals surface area (Å²) in [4.78, 5) is 28.0. The van der Waals surface area contributed by atoms with Crippen molar-refractivity contribution in [1.29, 1.82) is 0 Å². The van der Waals surface area contributed by atoms with Gasteiger partial charge < -0.3 is 24.4 Å². The van der Waals surface area contributed by atoms with Crippen molar-refractivity contribution in [2.45, 2.75) is 44.6 Å². The Kier molecular flexibility index (Phi) is 8.12. The Morgan fingerprint density at radius 1 is 1.03 bits per heavy atom. The molecule has 0 spiro atoms. The van der Waals surface area contributed by atoms with Crippen LogP contribution in [0.25, 0.3) is 5.70 Å². The van der Waals surface area contributed by atoms with Gasteiger partial charge in [0.1, 0.15) is 0 Å². The molecule has 1 saturated carbocycles. The zero-order valence-corrected chi connectivity index (χ0v) is 22.2. The van der Waals surface area contributed by atoms with Crippen LogP contribution in [0.15, 0.2) is 42.5 Å². The van der Waals surface area contributed by atoms with Crippen LogP contribution in [0.4, 0.5) is 0 Å². The fourth-order valence-electron chi connectivity index (χ4n) is 5.47. The maximum absolute atomic E-state index is 13.2.